The van der Waals surface area contributed by atoms with Crippen LogP contribution in [0.3, 0.4) is 0 Å². The number of hydrogen-bond donors (Lipinski definition) is 0. The molecule has 7 heteroatoms. The van der Waals surface area contributed by atoms with E-state index in [1.807, 2.05) is 30.3 Å². The fourth-order valence-electron chi connectivity index (χ4n) is 2.79. The second kappa shape index (κ2) is 8.23. The molecule has 0 aliphatic carbocycles. The Morgan fingerprint density at radius 2 is 1.65 bits per heavy atom. The van der Waals surface area contributed by atoms with E-state index in [1.54, 1.807) is 38.2 Å². The Hall–Kier alpha value is -2.54. The number of benzene rings is 2. The van der Waals surface area contributed by atoms with Gasteiger partial charge in [0.1, 0.15) is 11.8 Å². The summed E-state index contributed by atoms with van der Waals surface area (Å²) in [5.74, 6) is 0.331. The molecule has 0 fully saturated rings. The summed E-state index contributed by atoms with van der Waals surface area (Å²) in [6.07, 6.45) is 1.10. The maximum absolute atomic E-state index is 12.8. The highest BCUT2D eigenvalue weighted by molar-refractivity contribution is 7.92. The Morgan fingerprint density at radius 3 is 2.15 bits per heavy atom. The van der Waals surface area contributed by atoms with Gasteiger partial charge in [0.2, 0.25) is 15.9 Å². The lowest BCUT2D eigenvalue weighted by Gasteiger charge is -2.31. The van der Waals surface area contributed by atoms with Crippen molar-refractivity contribution in [3.8, 4) is 5.75 Å². The van der Waals surface area contributed by atoms with Crippen LogP contribution in [0.2, 0.25) is 0 Å². The molecule has 0 heterocycles. The highest BCUT2D eigenvalue weighted by Crippen LogP contribution is 2.24. The van der Waals surface area contributed by atoms with E-state index in [9.17, 15) is 13.2 Å². The van der Waals surface area contributed by atoms with E-state index in [-0.39, 0.29) is 5.91 Å². The van der Waals surface area contributed by atoms with Crippen LogP contribution in [0, 0.1) is 0 Å². The van der Waals surface area contributed by atoms with Gasteiger partial charge in [-0.3, -0.25) is 9.10 Å². The topological polar surface area (TPSA) is 66.9 Å². The number of methoxy groups -OCH3 is 1. The van der Waals surface area contributed by atoms with Gasteiger partial charge in [0.05, 0.1) is 19.1 Å². The lowest BCUT2D eigenvalue weighted by Crippen LogP contribution is -2.48. The Kier molecular flexibility index (Phi) is 6.26. The number of sulfonamides is 1. The monoisotopic (exact) mass is 376 g/mol. The number of hydrogen-bond acceptors (Lipinski definition) is 4. The maximum atomic E-state index is 12.8. The zero-order chi connectivity index (χ0) is 19.3. The molecular weight excluding hydrogens is 352 g/mol. The van der Waals surface area contributed by atoms with Crippen molar-refractivity contribution in [1.29, 1.82) is 0 Å². The zero-order valence-corrected chi connectivity index (χ0v) is 16.2. The van der Waals surface area contributed by atoms with Gasteiger partial charge in [-0.15, -0.1) is 0 Å². The molecular formula is C19H24N2O4S. The van der Waals surface area contributed by atoms with Crippen LogP contribution in [-0.2, 0) is 21.4 Å². The van der Waals surface area contributed by atoms with Crippen molar-refractivity contribution in [2.45, 2.75) is 19.5 Å². The summed E-state index contributed by atoms with van der Waals surface area (Å²) in [6, 6.07) is 15.3. The van der Waals surface area contributed by atoms with Crippen molar-refractivity contribution in [3.63, 3.8) is 0 Å². The Balaban J connectivity index is 2.25. The van der Waals surface area contributed by atoms with Crippen LogP contribution in [0.5, 0.6) is 5.75 Å². The zero-order valence-electron chi connectivity index (χ0n) is 15.4. The Bertz CT molecular complexity index is 836. The fourth-order valence-corrected chi connectivity index (χ4v) is 3.96. The Morgan fingerprint density at radius 1 is 1.08 bits per heavy atom. The number of anilines is 1. The highest BCUT2D eigenvalue weighted by Gasteiger charge is 2.31. The molecule has 0 saturated carbocycles. The third kappa shape index (κ3) is 4.76. The van der Waals surface area contributed by atoms with Crippen LogP contribution >= 0.6 is 0 Å². The predicted molar refractivity (Wildman–Crippen MR) is 103 cm³/mol. The van der Waals surface area contributed by atoms with Gasteiger partial charge in [-0.1, -0.05) is 30.3 Å². The largest absolute Gasteiger partial charge is 0.497 e. The first-order valence-electron chi connectivity index (χ1n) is 8.16. The molecule has 2 aromatic rings. The number of nitrogens with zero attached hydrogens (tertiary/aromatic N) is 2. The standard InChI is InChI=1S/C19H24N2O4S/c1-15(19(22)20(2)14-16-8-6-5-7-9-16)21(26(4,23)24)17-10-12-18(25-3)13-11-17/h5-13,15H,14H2,1-4H3/t15-/m0/s1. The van der Waals surface area contributed by atoms with Gasteiger partial charge >= 0.3 is 0 Å². The van der Waals surface area contributed by atoms with Crippen molar-refractivity contribution in [1.82, 2.24) is 4.90 Å². The molecule has 0 N–H and O–H groups in total. The molecule has 0 radical (unpaired) electrons. The first-order valence-corrected chi connectivity index (χ1v) is 10.0. The van der Waals surface area contributed by atoms with Crippen molar-refractivity contribution in [3.05, 3.63) is 60.2 Å². The third-order valence-electron chi connectivity index (χ3n) is 4.03. The van der Waals surface area contributed by atoms with E-state index in [4.69, 9.17) is 4.74 Å². The van der Waals surface area contributed by atoms with Gasteiger partial charge in [0.25, 0.3) is 0 Å². The number of carbonyl (C=O) groups is 1. The molecule has 1 atom stereocenters. The summed E-state index contributed by atoms with van der Waals surface area (Å²) >= 11 is 0. The summed E-state index contributed by atoms with van der Waals surface area (Å²) in [6.45, 7) is 2.00. The number of ether oxygens (including phenoxy) is 1. The van der Waals surface area contributed by atoms with E-state index in [1.165, 1.54) is 12.0 Å². The first kappa shape index (κ1) is 19.8. The predicted octanol–water partition coefficient (Wildman–Crippen LogP) is 2.51. The van der Waals surface area contributed by atoms with Crippen LogP contribution in [0.25, 0.3) is 0 Å². The van der Waals surface area contributed by atoms with Crippen molar-refractivity contribution < 1.29 is 17.9 Å². The van der Waals surface area contributed by atoms with Crippen LogP contribution in [0.1, 0.15) is 12.5 Å². The second-order valence-corrected chi connectivity index (χ2v) is 7.97. The van der Waals surface area contributed by atoms with Crippen LogP contribution in [0.15, 0.2) is 54.6 Å². The maximum Gasteiger partial charge on any atom is 0.246 e. The van der Waals surface area contributed by atoms with E-state index in [2.05, 4.69) is 0 Å². The van der Waals surface area contributed by atoms with E-state index < -0.39 is 16.1 Å². The fraction of sp³-hybridized carbons (Fsp3) is 0.316. The average Bonchev–Trinajstić information content (AvgIpc) is 2.61. The first-order chi connectivity index (χ1) is 12.2. The summed E-state index contributed by atoms with van der Waals surface area (Å²) < 4.78 is 30.9. The second-order valence-electron chi connectivity index (χ2n) is 6.11. The highest BCUT2D eigenvalue weighted by atomic mass is 32.2. The van der Waals surface area contributed by atoms with Crippen molar-refractivity contribution >= 4 is 21.6 Å². The molecule has 6 nitrogen and oxygen atoms in total. The van der Waals surface area contributed by atoms with Crippen molar-refractivity contribution in [2.75, 3.05) is 24.7 Å². The molecule has 0 bridgehead atoms. The van der Waals surface area contributed by atoms with Crippen LogP contribution < -0.4 is 9.04 Å². The molecule has 0 saturated heterocycles. The van der Waals surface area contributed by atoms with Gasteiger partial charge < -0.3 is 9.64 Å². The van der Waals surface area contributed by atoms with Gasteiger partial charge in [-0.25, -0.2) is 8.42 Å². The number of amides is 1. The number of rotatable bonds is 7. The summed E-state index contributed by atoms with van der Waals surface area (Å²) in [5, 5.41) is 0. The minimum absolute atomic E-state index is 0.282. The summed E-state index contributed by atoms with van der Waals surface area (Å²) in [7, 11) is -0.440. The van der Waals surface area contributed by atoms with Gasteiger partial charge in [-0.2, -0.15) is 0 Å². The molecule has 0 aliphatic rings. The lowest BCUT2D eigenvalue weighted by molar-refractivity contribution is -0.131. The minimum Gasteiger partial charge on any atom is -0.497 e. The number of likely N-dealkylation sites (N-methyl/N-ethyl adjacent to an activating group) is 1. The normalized spacial score (nSPS) is 12.3. The van der Waals surface area contributed by atoms with Crippen LogP contribution in [-0.4, -0.2) is 45.7 Å². The minimum atomic E-state index is -3.64. The average molecular weight is 376 g/mol. The molecule has 0 spiro atoms. The van der Waals surface area contributed by atoms with Gasteiger partial charge in [0.15, 0.2) is 0 Å². The molecule has 1 amide bonds. The van der Waals surface area contributed by atoms with E-state index in [0.717, 1.165) is 16.1 Å². The molecule has 2 aromatic carbocycles. The van der Waals surface area contributed by atoms with E-state index >= 15 is 0 Å². The summed E-state index contributed by atoms with van der Waals surface area (Å²) in [4.78, 5) is 14.4. The van der Waals surface area contributed by atoms with Crippen LogP contribution in [0.4, 0.5) is 5.69 Å². The van der Waals surface area contributed by atoms with Gasteiger partial charge in [0, 0.05) is 13.6 Å². The van der Waals surface area contributed by atoms with Crippen molar-refractivity contribution in [2.24, 2.45) is 0 Å². The number of carbonyl (C=O) groups excluding carboxylic acids is 1. The molecule has 0 aliphatic heterocycles. The van der Waals surface area contributed by atoms with Gasteiger partial charge in [-0.05, 0) is 36.8 Å². The Labute approximate surface area is 155 Å². The molecule has 0 unspecified atom stereocenters. The summed E-state index contributed by atoms with van der Waals surface area (Å²) in [5.41, 5.74) is 1.40. The third-order valence-corrected chi connectivity index (χ3v) is 5.27. The molecule has 140 valence electrons. The van der Waals surface area contributed by atoms with E-state index in [0.29, 0.717) is 18.0 Å². The smallest absolute Gasteiger partial charge is 0.246 e. The quantitative estimate of drug-likeness (QED) is 0.745. The molecule has 0 aromatic heterocycles. The lowest BCUT2D eigenvalue weighted by atomic mass is 10.2. The molecule has 26 heavy (non-hydrogen) atoms. The SMILES string of the molecule is COc1ccc(N([C@@H](C)C(=O)N(C)Cc2ccccc2)S(C)(=O)=O)cc1. The molecule has 2 rings (SSSR count).